The maximum Gasteiger partial charge on any atom is 0.203 e. The zero-order chi connectivity index (χ0) is 19.9. The third-order valence-electron chi connectivity index (χ3n) is 4.91. The van der Waals surface area contributed by atoms with Crippen LogP contribution in [0.1, 0.15) is 11.1 Å². The van der Waals surface area contributed by atoms with Crippen molar-refractivity contribution in [2.45, 2.75) is 6.54 Å². The first-order valence-corrected chi connectivity index (χ1v) is 9.68. The molecule has 2 aromatic carbocycles. The topological polar surface area (TPSA) is 47.7 Å². The minimum absolute atomic E-state index is 0.575. The number of ether oxygens (including phenoxy) is 3. The van der Waals surface area contributed by atoms with E-state index >= 15 is 0 Å². The van der Waals surface area contributed by atoms with E-state index in [0.717, 1.165) is 43.3 Å². The van der Waals surface area contributed by atoms with Gasteiger partial charge in [0.05, 0.1) is 53.7 Å². The van der Waals surface area contributed by atoms with Crippen LogP contribution < -0.4 is 19.1 Å². The van der Waals surface area contributed by atoms with Gasteiger partial charge in [0.15, 0.2) is 11.5 Å². The van der Waals surface area contributed by atoms with Crippen molar-refractivity contribution in [1.82, 2.24) is 5.01 Å². The molecule has 1 aliphatic heterocycles. The fourth-order valence-electron chi connectivity index (χ4n) is 3.36. The number of halogens is 1. The van der Waals surface area contributed by atoms with E-state index in [0.29, 0.717) is 17.2 Å². The van der Waals surface area contributed by atoms with Crippen LogP contribution in [0.25, 0.3) is 0 Å². The van der Waals surface area contributed by atoms with Gasteiger partial charge in [0.25, 0.3) is 0 Å². The molecule has 1 aliphatic rings. The molecule has 0 atom stereocenters. The van der Waals surface area contributed by atoms with Gasteiger partial charge in [-0.3, -0.25) is 5.01 Å². The Morgan fingerprint density at radius 2 is 1.64 bits per heavy atom. The SMILES string of the molecule is COc1ccc(C=NN2CC[NH+](Cc3ccc(Cl)cc3)CC2)c(OC)c1OC. The molecule has 1 fully saturated rings. The maximum absolute atomic E-state index is 5.96. The van der Waals surface area contributed by atoms with E-state index in [2.05, 4.69) is 22.2 Å². The summed E-state index contributed by atoms with van der Waals surface area (Å²) in [5.74, 6) is 1.83. The van der Waals surface area contributed by atoms with Gasteiger partial charge in [-0.05, 0) is 24.3 Å². The molecule has 0 aromatic heterocycles. The van der Waals surface area contributed by atoms with Crippen molar-refractivity contribution in [3.63, 3.8) is 0 Å². The number of quaternary nitrogens is 1. The number of methoxy groups -OCH3 is 3. The number of benzene rings is 2. The minimum atomic E-state index is 0.575. The Morgan fingerprint density at radius 1 is 0.964 bits per heavy atom. The number of hydrogen-bond donors (Lipinski definition) is 1. The average molecular weight is 405 g/mol. The van der Waals surface area contributed by atoms with Crippen LogP contribution in [-0.2, 0) is 6.54 Å². The first-order chi connectivity index (χ1) is 13.6. The summed E-state index contributed by atoms with van der Waals surface area (Å²) in [4.78, 5) is 1.55. The fraction of sp³-hybridized carbons (Fsp3) is 0.381. The molecule has 0 unspecified atom stereocenters. The van der Waals surface area contributed by atoms with Crippen molar-refractivity contribution in [3.8, 4) is 17.2 Å². The molecule has 0 amide bonds. The molecule has 0 aliphatic carbocycles. The fourth-order valence-corrected chi connectivity index (χ4v) is 3.49. The molecular formula is C21H27ClN3O3+. The van der Waals surface area contributed by atoms with Gasteiger partial charge < -0.3 is 19.1 Å². The van der Waals surface area contributed by atoms with Crippen molar-refractivity contribution in [2.24, 2.45) is 5.10 Å². The molecule has 1 saturated heterocycles. The van der Waals surface area contributed by atoms with Gasteiger partial charge in [0.2, 0.25) is 5.75 Å². The number of rotatable bonds is 7. The lowest BCUT2D eigenvalue weighted by Crippen LogP contribution is -3.13. The Hall–Kier alpha value is -2.44. The largest absolute Gasteiger partial charge is 0.493 e. The first-order valence-electron chi connectivity index (χ1n) is 9.30. The first kappa shape index (κ1) is 20.3. The predicted molar refractivity (Wildman–Crippen MR) is 111 cm³/mol. The van der Waals surface area contributed by atoms with Crippen LogP contribution in [0.15, 0.2) is 41.5 Å². The summed E-state index contributed by atoms with van der Waals surface area (Å²) < 4.78 is 16.3. The monoisotopic (exact) mass is 404 g/mol. The molecule has 0 radical (unpaired) electrons. The lowest BCUT2D eigenvalue weighted by Gasteiger charge is -2.30. The Labute approximate surface area is 171 Å². The van der Waals surface area contributed by atoms with Crippen molar-refractivity contribution < 1.29 is 19.1 Å². The summed E-state index contributed by atoms with van der Waals surface area (Å²) in [7, 11) is 4.83. The Bertz CT molecular complexity index is 803. The molecule has 0 bridgehead atoms. The van der Waals surface area contributed by atoms with E-state index in [4.69, 9.17) is 25.8 Å². The highest BCUT2D eigenvalue weighted by molar-refractivity contribution is 6.30. The van der Waals surface area contributed by atoms with Crippen molar-refractivity contribution in [2.75, 3.05) is 47.5 Å². The summed E-state index contributed by atoms with van der Waals surface area (Å²) in [5.41, 5.74) is 2.17. The second kappa shape index (κ2) is 9.66. The van der Waals surface area contributed by atoms with E-state index < -0.39 is 0 Å². The summed E-state index contributed by atoms with van der Waals surface area (Å²) in [6.45, 7) is 4.92. The van der Waals surface area contributed by atoms with Gasteiger partial charge in [-0.1, -0.05) is 23.7 Å². The van der Waals surface area contributed by atoms with E-state index in [9.17, 15) is 0 Å². The highest BCUT2D eigenvalue weighted by Gasteiger charge is 2.19. The van der Waals surface area contributed by atoms with E-state index in [-0.39, 0.29) is 0 Å². The maximum atomic E-state index is 5.96. The molecule has 2 aromatic rings. The van der Waals surface area contributed by atoms with Crippen molar-refractivity contribution in [3.05, 3.63) is 52.5 Å². The van der Waals surface area contributed by atoms with Gasteiger partial charge >= 0.3 is 0 Å². The number of nitrogens with zero attached hydrogens (tertiary/aromatic N) is 2. The van der Waals surface area contributed by atoms with Crippen molar-refractivity contribution >= 4 is 17.8 Å². The van der Waals surface area contributed by atoms with E-state index in [1.165, 1.54) is 5.56 Å². The van der Waals surface area contributed by atoms with Crippen LogP contribution in [0, 0.1) is 0 Å². The van der Waals surface area contributed by atoms with Crippen molar-refractivity contribution in [1.29, 1.82) is 0 Å². The number of nitrogens with one attached hydrogen (secondary N) is 1. The molecule has 1 heterocycles. The number of piperazine rings is 1. The summed E-state index contributed by atoms with van der Waals surface area (Å²) in [6, 6.07) is 11.9. The second-order valence-electron chi connectivity index (χ2n) is 6.68. The molecule has 1 N–H and O–H groups in total. The lowest BCUT2D eigenvalue weighted by molar-refractivity contribution is -0.918. The quantitative estimate of drug-likeness (QED) is 0.718. The molecule has 0 saturated carbocycles. The zero-order valence-electron chi connectivity index (χ0n) is 16.6. The molecule has 28 heavy (non-hydrogen) atoms. The molecule has 0 spiro atoms. The Morgan fingerprint density at radius 3 is 2.25 bits per heavy atom. The zero-order valence-corrected chi connectivity index (χ0v) is 17.3. The normalized spacial score (nSPS) is 15.1. The molecular weight excluding hydrogens is 378 g/mol. The van der Waals surface area contributed by atoms with Crippen LogP contribution in [0.5, 0.6) is 17.2 Å². The summed E-state index contributed by atoms with van der Waals surface area (Å²) in [5, 5.41) is 7.53. The highest BCUT2D eigenvalue weighted by Crippen LogP contribution is 2.39. The van der Waals surface area contributed by atoms with Gasteiger partial charge in [0, 0.05) is 16.1 Å². The summed E-state index contributed by atoms with van der Waals surface area (Å²) >= 11 is 5.96. The third kappa shape index (κ3) is 4.88. The standard InChI is InChI=1S/C21H26ClN3O3/c1-26-19-9-6-17(20(27-2)21(19)28-3)14-23-25-12-10-24(11-13-25)15-16-4-7-18(22)8-5-16/h4-9,14H,10-13,15H2,1-3H3/p+1. The van der Waals surface area contributed by atoms with Gasteiger partial charge in [-0.15, -0.1) is 0 Å². The number of hydrazone groups is 1. The van der Waals surface area contributed by atoms with Gasteiger partial charge in [-0.2, -0.15) is 5.10 Å². The Balaban J connectivity index is 1.60. The minimum Gasteiger partial charge on any atom is -0.493 e. The predicted octanol–water partition coefficient (Wildman–Crippen LogP) is 2.10. The van der Waals surface area contributed by atoms with Gasteiger partial charge in [0.1, 0.15) is 6.54 Å². The molecule has 7 heteroatoms. The Kier molecular flexibility index (Phi) is 7.01. The lowest BCUT2D eigenvalue weighted by atomic mass is 10.2. The third-order valence-corrected chi connectivity index (χ3v) is 5.16. The van der Waals surface area contributed by atoms with Gasteiger partial charge in [-0.25, -0.2) is 0 Å². The van der Waals surface area contributed by atoms with E-state index in [1.807, 2.05) is 30.5 Å². The van der Waals surface area contributed by atoms with E-state index in [1.54, 1.807) is 26.2 Å². The van der Waals surface area contributed by atoms with Crippen LogP contribution in [0.2, 0.25) is 5.02 Å². The van der Waals surface area contributed by atoms with Crippen LogP contribution in [0.3, 0.4) is 0 Å². The summed E-state index contributed by atoms with van der Waals surface area (Å²) in [6.07, 6.45) is 1.82. The average Bonchev–Trinajstić information content (AvgIpc) is 2.74. The number of hydrogen-bond acceptors (Lipinski definition) is 5. The second-order valence-corrected chi connectivity index (χ2v) is 7.11. The highest BCUT2D eigenvalue weighted by atomic mass is 35.5. The van der Waals surface area contributed by atoms with Crippen LogP contribution in [0.4, 0.5) is 0 Å². The molecule has 6 nitrogen and oxygen atoms in total. The van der Waals surface area contributed by atoms with Crippen LogP contribution >= 0.6 is 11.6 Å². The smallest absolute Gasteiger partial charge is 0.203 e. The molecule has 150 valence electrons. The molecule has 3 rings (SSSR count). The van der Waals surface area contributed by atoms with Crippen LogP contribution in [-0.4, -0.2) is 58.7 Å².